The molecule has 33 heavy (non-hydrogen) atoms. The van der Waals surface area contributed by atoms with Gasteiger partial charge in [-0.15, -0.1) is 0 Å². The third-order valence-electron chi connectivity index (χ3n) is 4.90. The highest BCUT2D eigenvalue weighted by atomic mass is 16.5. The minimum Gasteiger partial charge on any atom is -0.478 e. The lowest BCUT2D eigenvalue weighted by atomic mass is 10.0. The summed E-state index contributed by atoms with van der Waals surface area (Å²) in [4.78, 5) is 41.8. The van der Waals surface area contributed by atoms with Crippen molar-refractivity contribution < 1.29 is 29.3 Å². The Morgan fingerprint density at radius 1 is 0.697 bits per heavy atom. The number of hydrogen-bond donors (Lipinski definition) is 2. The Bertz CT molecular complexity index is 1260. The van der Waals surface area contributed by atoms with Crippen molar-refractivity contribution in [1.29, 1.82) is 0 Å². The fourth-order valence-electron chi connectivity index (χ4n) is 3.21. The van der Waals surface area contributed by atoms with Crippen LogP contribution in [0.1, 0.15) is 20.7 Å². The molecule has 2 aromatic carbocycles. The molecule has 2 aromatic heterocycles. The SMILES string of the molecule is O=COc1ccc(-c2cc(-c3ccc(C(=O)O)cc3)nc(-c3ccc(C(=O)O)cn3)c2)cc1. The van der Waals surface area contributed by atoms with Crippen molar-refractivity contribution in [2.75, 3.05) is 0 Å². The zero-order valence-electron chi connectivity index (χ0n) is 17.0. The minimum absolute atomic E-state index is 0.0603. The van der Waals surface area contributed by atoms with E-state index in [0.717, 1.165) is 11.1 Å². The Kier molecular flexibility index (Phi) is 5.90. The van der Waals surface area contributed by atoms with Gasteiger partial charge in [-0.1, -0.05) is 24.3 Å². The number of carboxylic acids is 2. The molecule has 0 aliphatic rings. The minimum atomic E-state index is -1.08. The van der Waals surface area contributed by atoms with E-state index in [2.05, 4.69) is 9.97 Å². The molecule has 0 aliphatic heterocycles. The first-order chi connectivity index (χ1) is 15.9. The topological polar surface area (TPSA) is 127 Å². The zero-order valence-corrected chi connectivity index (χ0v) is 17.0. The molecular formula is C25H16N2O6. The summed E-state index contributed by atoms with van der Waals surface area (Å²) in [6.07, 6.45) is 1.26. The first kappa shape index (κ1) is 21.4. The number of carbonyl (C=O) groups is 3. The predicted molar refractivity (Wildman–Crippen MR) is 119 cm³/mol. The monoisotopic (exact) mass is 440 g/mol. The smallest absolute Gasteiger partial charge is 0.337 e. The molecule has 0 saturated carbocycles. The Morgan fingerprint density at radius 2 is 1.30 bits per heavy atom. The van der Waals surface area contributed by atoms with Crippen LogP contribution in [0.4, 0.5) is 0 Å². The quantitative estimate of drug-likeness (QED) is 0.405. The van der Waals surface area contributed by atoms with Crippen molar-refractivity contribution in [3.63, 3.8) is 0 Å². The van der Waals surface area contributed by atoms with Crippen LogP contribution in [0, 0.1) is 0 Å². The number of carboxylic acid groups (broad SMARTS) is 2. The average molecular weight is 440 g/mol. The Hall–Kier alpha value is -4.85. The summed E-state index contributed by atoms with van der Waals surface area (Å²) in [5.74, 6) is -1.70. The molecule has 4 rings (SSSR count). The van der Waals surface area contributed by atoms with Gasteiger partial charge in [-0.05, 0) is 59.7 Å². The van der Waals surface area contributed by atoms with Gasteiger partial charge in [-0.2, -0.15) is 0 Å². The molecule has 162 valence electrons. The molecule has 2 heterocycles. The van der Waals surface area contributed by atoms with Crippen molar-refractivity contribution >= 4 is 18.4 Å². The number of hydrogen-bond acceptors (Lipinski definition) is 6. The van der Waals surface area contributed by atoms with Gasteiger partial charge in [-0.3, -0.25) is 9.78 Å². The van der Waals surface area contributed by atoms with E-state index in [4.69, 9.17) is 14.9 Å². The van der Waals surface area contributed by atoms with E-state index in [1.54, 1.807) is 42.5 Å². The second kappa shape index (κ2) is 9.11. The van der Waals surface area contributed by atoms with E-state index in [1.807, 2.05) is 12.1 Å². The van der Waals surface area contributed by atoms with E-state index < -0.39 is 11.9 Å². The first-order valence-electron chi connectivity index (χ1n) is 9.71. The maximum atomic E-state index is 11.2. The number of aromatic carboxylic acids is 2. The van der Waals surface area contributed by atoms with E-state index in [1.165, 1.54) is 24.4 Å². The summed E-state index contributed by atoms with van der Waals surface area (Å²) in [5, 5.41) is 18.3. The predicted octanol–water partition coefficient (Wildman–Crippen LogP) is 4.41. The summed E-state index contributed by atoms with van der Waals surface area (Å²) in [5.41, 5.74) is 4.10. The molecule has 0 spiro atoms. The molecule has 8 heteroatoms. The van der Waals surface area contributed by atoms with Gasteiger partial charge in [0.15, 0.2) is 0 Å². The fraction of sp³-hybridized carbons (Fsp3) is 0. The highest BCUT2D eigenvalue weighted by Gasteiger charge is 2.12. The number of benzene rings is 2. The van der Waals surface area contributed by atoms with Crippen molar-refractivity contribution in [2.45, 2.75) is 0 Å². The lowest BCUT2D eigenvalue weighted by molar-refractivity contribution is -0.120. The second-order valence-electron chi connectivity index (χ2n) is 6.98. The van der Waals surface area contributed by atoms with Crippen molar-refractivity contribution in [3.05, 3.63) is 90.1 Å². The number of aromatic nitrogens is 2. The maximum absolute atomic E-state index is 11.2. The molecule has 0 fully saturated rings. The largest absolute Gasteiger partial charge is 0.478 e. The molecule has 0 aliphatic carbocycles. The Morgan fingerprint density at radius 3 is 1.88 bits per heavy atom. The number of ether oxygens (including phenoxy) is 1. The average Bonchev–Trinajstić information content (AvgIpc) is 2.84. The number of rotatable bonds is 7. The lowest BCUT2D eigenvalue weighted by Crippen LogP contribution is -1.99. The standard InChI is InChI=1S/C25H16N2O6/c28-14-33-20-8-5-15(6-9-20)19-11-22(16-1-3-17(4-2-16)24(29)30)27-23(12-19)21-10-7-18(13-26-21)25(31)32/h1-14H,(H,29,30)(H,31,32). The molecule has 0 radical (unpaired) electrons. The fourth-order valence-corrected chi connectivity index (χ4v) is 3.21. The molecule has 0 unspecified atom stereocenters. The van der Waals surface area contributed by atoms with Crippen LogP contribution in [0.25, 0.3) is 33.8 Å². The Labute approximate surface area is 187 Å². The van der Waals surface area contributed by atoms with Gasteiger partial charge < -0.3 is 14.9 Å². The van der Waals surface area contributed by atoms with Gasteiger partial charge in [0.05, 0.1) is 28.2 Å². The Balaban J connectivity index is 1.82. The molecule has 2 N–H and O–H groups in total. The van der Waals surface area contributed by atoms with Crippen molar-refractivity contribution in [2.24, 2.45) is 0 Å². The lowest BCUT2D eigenvalue weighted by Gasteiger charge is -2.11. The van der Waals surface area contributed by atoms with Crippen LogP contribution in [-0.4, -0.2) is 38.6 Å². The molecule has 0 saturated heterocycles. The molecule has 0 bridgehead atoms. The third kappa shape index (κ3) is 4.75. The van der Waals surface area contributed by atoms with Crippen molar-refractivity contribution in [3.8, 4) is 39.5 Å². The van der Waals surface area contributed by atoms with E-state index in [0.29, 0.717) is 34.9 Å². The van der Waals surface area contributed by atoms with Crippen LogP contribution >= 0.6 is 0 Å². The second-order valence-corrected chi connectivity index (χ2v) is 6.98. The highest BCUT2D eigenvalue weighted by molar-refractivity contribution is 5.89. The summed E-state index contributed by atoms with van der Waals surface area (Å²) in [6, 6.07) is 19.9. The normalized spacial score (nSPS) is 10.4. The van der Waals surface area contributed by atoms with E-state index in [9.17, 15) is 14.4 Å². The van der Waals surface area contributed by atoms with Crippen LogP contribution in [-0.2, 0) is 4.79 Å². The van der Waals surface area contributed by atoms with Gasteiger partial charge >= 0.3 is 11.9 Å². The van der Waals surface area contributed by atoms with E-state index in [-0.39, 0.29) is 11.1 Å². The van der Waals surface area contributed by atoms with Crippen molar-refractivity contribution in [1.82, 2.24) is 9.97 Å². The van der Waals surface area contributed by atoms with Crippen LogP contribution in [0.5, 0.6) is 5.75 Å². The van der Waals surface area contributed by atoms with Crippen LogP contribution < -0.4 is 4.74 Å². The van der Waals surface area contributed by atoms with Crippen LogP contribution in [0.3, 0.4) is 0 Å². The molecule has 8 nitrogen and oxygen atoms in total. The zero-order chi connectivity index (χ0) is 23.4. The highest BCUT2D eigenvalue weighted by Crippen LogP contribution is 2.30. The molecular weight excluding hydrogens is 424 g/mol. The number of carbonyl (C=O) groups excluding carboxylic acids is 1. The first-order valence-corrected chi connectivity index (χ1v) is 9.71. The summed E-state index contributed by atoms with van der Waals surface area (Å²) in [6.45, 7) is 0.352. The third-order valence-corrected chi connectivity index (χ3v) is 4.90. The van der Waals surface area contributed by atoms with Gasteiger partial charge in [0.2, 0.25) is 0 Å². The number of nitrogens with zero attached hydrogens (tertiary/aromatic N) is 2. The number of pyridine rings is 2. The molecule has 0 atom stereocenters. The van der Waals surface area contributed by atoms with Gasteiger partial charge in [-0.25, -0.2) is 14.6 Å². The van der Waals surface area contributed by atoms with Crippen LogP contribution in [0.2, 0.25) is 0 Å². The summed E-state index contributed by atoms with van der Waals surface area (Å²) in [7, 11) is 0. The molecule has 0 amide bonds. The summed E-state index contributed by atoms with van der Waals surface area (Å²) < 4.78 is 4.85. The van der Waals surface area contributed by atoms with Crippen LogP contribution in [0.15, 0.2) is 79.0 Å². The molecule has 4 aromatic rings. The van der Waals surface area contributed by atoms with Gasteiger partial charge in [0.1, 0.15) is 5.75 Å². The maximum Gasteiger partial charge on any atom is 0.337 e. The van der Waals surface area contributed by atoms with Gasteiger partial charge in [0.25, 0.3) is 6.47 Å². The van der Waals surface area contributed by atoms with E-state index >= 15 is 0 Å². The van der Waals surface area contributed by atoms with Gasteiger partial charge in [0, 0.05) is 11.8 Å². The summed E-state index contributed by atoms with van der Waals surface area (Å²) >= 11 is 0.